The lowest BCUT2D eigenvalue weighted by molar-refractivity contribution is -0.136. The third-order valence-corrected chi connectivity index (χ3v) is 5.45. The van der Waals surface area contributed by atoms with Gasteiger partial charge in [0.15, 0.2) is 0 Å². The molecule has 2 heterocycles. The van der Waals surface area contributed by atoms with E-state index in [1.165, 1.54) is 0 Å². The third-order valence-electron chi connectivity index (χ3n) is 4.14. The standard InChI is InChI=1S/C18H20ClN3O3S/c19-13-4-1-2-5-14(13)21-18(24)17(23)20-12-15(16-6-3-11-26-16)22-7-9-25-10-8-22/h1-6,11,15H,7-10,12H2,(H,20,23)(H,21,24)/t15-/m0/s1. The van der Waals surface area contributed by atoms with Gasteiger partial charge in [-0.2, -0.15) is 0 Å². The van der Waals surface area contributed by atoms with Gasteiger partial charge in [0, 0.05) is 24.5 Å². The number of thiophene rings is 1. The van der Waals surface area contributed by atoms with Crippen molar-refractivity contribution in [2.24, 2.45) is 0 Å². The number of rotatable bonds is 5. The SMILES string of the molecule is O=C(NC[C@@H](c1cccs1)N1CCOCC1)C(=O)Nc1ccccc1Cl. The fraction of sp³-hybridized carbons (Fsp3) is 0.333. The molecule has 1 aromatic carbocycles. The quantitative estimate of drug-likeness (QED) is 0.766. The average Bonchev–Trinajstić information content (AvgIpc) is 3.19. The van der Waals surface area contributed by atoms with E-state index in [2.05, 4.69) is 15.5 Å². The molecule has 2 aromatic rings. The Morgan fingerprint density at radius 3 is 2.62 bits per heavy atom. The topological polar surface area (TPSA) is 70.7 Å². The minimum atomic E-state index is -0.731. The maximum Gasteiger partial charge on any atom is 0.313 e. The Morgan fingerprint density at radius 2 is 1.92 bits per heavy atom. The smallest absolute Gasteiger partial charge is 0.313 e. The van der Waals surface area contributed by atoms with Crippen LogP contribution in [-0.2, 0) is 14.3 Å². The van der Waals surface area contributed by atoms with E-state index >= 15 is 0 Å². The molecular weight excluding hydrogens is 374 g/mol. The molecule has 1 saturated heterocycles. The highest BCUT2D eigenvalue weighted by atomic mass is 35.5. The normalized spacial score (nSPS) is 16.0. The van der Waals surface area contributed by atoms with Crippen molar-refractivity contribution < 1.29 is 14.3 Å². The Morgan fingerprint density at radius 1 is 1.15 bits per heavy atom. The predicted molar refractivity (Wildman–Crippen MR) is 103 cm³/mol. The van der Waals surface area contributed by atoms with Crippen LogP contribution in [0.5, 0.6) is 0 Å². The van der Waals surface area contributed by atoms with Crippen molar-refractivity contribution in [1.29, 1.82) is 0 Å². The van der Waals surface area contributed by atoms with Crippen LogP contribution in [0, 0.1) is 0 Å². The highest BCUT2D eigenvalue weighted by Crippen LogP contribution is 2.25. The average molecular weight is 394 g/mol. The van der Waals surface area contributed by atoms with Gasteiger partial charge in [0.1, 0.15) is 0 Å². The summed E-state index contributed by atoms with van der Waals surface area (Å²) in [5.74, 6) is -1.41. The number of halogens is 1. The number of para-hydroxylation sites is 1. The van der Waals surface area contributed by atoms with Crippen molar-refractivity contribution in [2.75, 3.05) is 38.2 Å². The Bertz CT molecular complexity index is 748. The fourth-order valence-corrected chi connectivity index (χ4v) is 3.83. The highest BCUT2D eigenvalue weighted by molar-refractivity contribution is 7.10. The molecule has 138 valence electrons. The first-order chi connectivity index (χ1) is 12.6. The van der Waals surface area contributed by atoms with Crippen molar-refractivity contribution in [1.82, 2.24) is 10.2 Å². The summed E-state index contributed by atoms with van der Waals surface area (Å²) in [6, 6.07) is 10.9. The first kappa shape index (κ1) is 18.8. The second-order valence-electron chi connectivity index (χ2n) is 5.82. The molecule has 1 aromatic heterocycles. The number of nitrogens with one attached hydrogen (secondary N) is 2. The molecule has 1 fully saturated rings. The van der Waals surface area contributed by atoms with Crippen LogP contribution in [-0.4, -0.2) is 49.6 Å². The molecule has 0 spiro atoms. The zero-order valence-electron chi connectivity index (χ0n) is 14.1. The highest BCUT2D eigenvalue weighted by Gasteiger charge is 2.25. The van der Waals surface area contributed by atoms with Gasteiger partial charge in [0.25, 0.3) is 0 Å². The van der Waals surface area contributed by atoms with Crippen LogP contribution in [0.25, 0.3) is 0 Å². The summed E-state index contributed by atoms with van der Waals surface area (Å²) in [5, 5.41) is 7.67. The Balaban J connectivity index is 1.60. The summed E-state index contributed by atoms with van der Waals surface area (Å²) >= 11 is 7.64. The summed E-state index contributed by atoms with van der Waals surface area (Å²) in [5.41, 5.74) is 0.414. The molecule has 2 amide bonds. The first-order valence-electron chi connectivity index (χ1n) is 8.34. The first-order valence-corrected chi connectivity index (χ1v) is 9.60. The number of benzene rings is 1. The van der Waals surface area contributed by atoms with Crippen LogP contribution in [0.2, 0.25) is 5.02 Å². The molecule has 1 aliphatic heterocycles. The predicted octanol–water partition coefficient (Wildman–Crippen LogP) is 2.53. The molecule has 1 atom stereocenters. The van der Waals surface area contributed by atoms with E-state index in [1.54, 1.807) is 35.6 Å². The summed E-state index contributed by atoms with van der Waals surface area (Å²) in [6.07, 6.45) is 0. The van der Waals surface area contributed by atoms with Gasteiger partial charge in [-0.1, -0.05) is 29.8 Å². The van der Waals surface area contributed by atoms with Crippen molar-refractivity contribution in [2.45, 2.75) is 6.04 Å². The second kappa shape index (κ2) is 9.14. The van der Waals surface area contributed by atoms with Gasteiger partial charge in [0.2, 0.25) is 0 Å². The lowest BCUT2D eigenvalue weighted by Gasteiger charge is -2.34. The largest absolute Gasteiger partial charge is 0.379 e. The molecule has 0 aliphatic carbocycles. The second-order valence-corrected chi connectivity index (χ2v) is 7.21. The van der Waals surface area contributed by atoms with E-state index in [0.717, 1.165) is 18.0 Å². The number of ether oxygens (including phenoxy) is 1. The van der Waals surface area contributed by atoms with E-state index in [4.69, 9.17) is 16.3 Å². The molecule has 3 rings (SSSR count). The van der Waals surface area contributed by atoms with Gasteiger partial charge in [-0.05, 0) is 23.6 Å². The summed E-state index contributed by atoms with van der Waals surface area (Å²) in [4.78, 5) is 27.8. The van der Waals surface area contributed by atoms with E-state index in [1.807, 2.05) is 17.5 Å². The Labute approximate surface area is 161 Å². The summed E-state index contributed by atoms with van der Waals surface area (Å²) in [6.45, 7) is 3.29. The number of hydrogen-bond acceptors (Lipinski definition) is 5. The monoisotopic (exact) mass is 393 g/mol. The van der Waals surface area contributed by atoms with Gasteiger partial charge in [-0.25, -0.2) is 0 Å². The van der Waals surface area contributed by atoms with Gasteiger partial charge in [0.05, 0.1) is 30.0 Å². The number of hydrogen-bond donors (Lipinski definition) is 2. The van der Waals surface area contributed by atoms with Crippen LogP contribution in [0.4, 0.5) is 5.69 Å². The maximum atomic E-state index is 12.2. The lowest BCUT2D eigenvalue weighted by atomic mass is 10.2. The van der Waals surface area contributed by atoms with Crippen molar-refractivity contribution in [3.63, 3.8) is 0 Å². The number of morpholine rings is 1. The van der Waals surface area contributed by atoms with Crippen molar-refractivity contribution >= 4 is 40.4 Å². The number of carbonyl (C=O) groups is 2. The molecule has 1 aliphatic rings. The molecule has 0 bridgehead atoms. The Hall–Kier alpha value is -1.93. The minimum absolute atomic E-state index is 0.0240. The maximum absolute atomic E-state index is 12.2. The van der Waals surface area contributed by atoms with Gasteiger partial charge in [-0.15, -0.1) is 11.3 Å². The van der Waals surface area contributed by atoms with Gasteiger partial charge >= 0.3 is 11.8 Å². The summed E-state index contributed by atoms with van der Waals surface area (Å²) in [7, 11) is 0. The number of anilines is 1. The van der Waals surface area contributed by atoms with Gasteiger partial charge < -0.3 is 15.4 Å². The lowest BCUT2D eigenvalue weighted by Crippen LogP contribution is -2.45. The number of carbonyl (C=O) groups excluding carboxylic acids is 2. The van der Waals surface area contributed by atoms with Crippen LogP contribution in [0.1, 0.15) is 10.9 Å². The number of amides is 2. The van der Waals surface area contributed by atoms with E-state index in [9.17, 15) is 9.59 Å². The van der Waals surface area contributed by atoms with Gasteiger partial charge in [-0.3, -0.25) is 14.5 Å². The summed E-state index contributed by atoms with van der Waals surface area (Å²) < 4.78 is 5.41. The molecule has 0 unspecified atom stereocenters. The molecule has 2 N–H and O–H groups in total. The molecule has 0 radical (unpaired) electrons. The molecular formula is C18H20ClN3O3S. The van der Waals surface area contributed by atoms with E-state index < -0.39 is 11.8 Å². The molecule has 26 heavy (non-hydrogen) atoms. The molecule has 6 nitrogen and oxygen atoms in total. The number of nitrogens with zero attached hydrogens (tertiary/aromatic N) is 1. The zero-order valence-corrected chi connectivity index (χ0v) is 15.7. The molecule has 8 heteroatoms. The fourth-order valence-electron chi connectivity index (χ4n) is 2.79. The van der Waals surface area contributed by atoms with Crippen LogP contribution in [0.3, 0.4) is 0 Å². The van der Waals surface area contributed by atoms with Crippen LogP contribution < -0.4 is 10.6 Å². The third kappa shape index (κ3) is 4.82. The van der Waals surface area contributed by atoms with Crippen LogP contribution in [0.15, 0.2) is 41.8 Å². The molecule has 0 saturated carbocycles. The zero-order chi connectivity index (χ0) is 18.4. The van der Waals surface area contributed by atoms with Crippen molar-refractivity contribution in [3.8, 4) is 0 Å². The minimum Gasteiger partial charge on any atom is -0.379 e. The van der Waals surface area contributed by atoms with E-state index in [0.29, 0.717) is 30.5 Å². The van der Waals surface area contributed by atoms with Crippen LogP contribution >= 0.6 is 22.9 Å². The van der Waals surface area contributed by atoms with E-state index in [-0.39, 0.29) is 6.04 Å². The van der Waals surface area contributed by atoms with Crippen molar-refractivity contribution in [3.05, 3.63) is 51.7 Å². The Kier molecular flexibility index (Phi) is 6.62.